The van der Waals surface area contributed by atoms with Gasteiger partial charge in [-0.1, -0.05) is 30.3 Å². The van der Waals surface area contributed by atoms with Crippen molar-refractivity contribution in [3.8, 4) is 0 Å². The van der Waals surface area contributed by atoms with E-state index in [-0.39, 0.29) is 18.1 Å². The molecule has 1 fully saturated rings. The molecule has 0 spiro atoms. The van der Waals surface area contributed by atoms with Gasteiger partial charge in [-0.25, -0.2) is 0 Å². The lowest BCUT2D eigenvalue weighted by molar-refractivity contribution is -0.129. The van der Waals surface area contributed by atoms with Crippen LogP contribution in [0.3, 0.4) is 0 Å². The summed E-state index contributed by atoms with van der Waals surface area (Å²) in [6.07, 6.45) is 2.42. The first-order chi connectivity index (χ1) is 9.10. The average molecular weight is 262 g/mol. The standard InChI is InChI=1S/C15H22N2O2/c1-11(12-7-4-3-5-8-12)17-15(14(16)18)10-6-9-13(15)19-2/h3-5,7-8,11,13,17H,6,9-10H2,1-2H3,(H2,16,18)/t11-,13+,15+/m0/s1. The minimum atomic E-state index is -0.746. The molecule has 104 valence electrons. The summed E-state index contributed by atoms with van der Waals surface area (Å²) in [5, 5.41) is 3.41. The van der Waals surface area contributed by atoms with Gasteiger partial charge in [0.1, 0.15) is 5.54 Å². The molecule has 1 saturated carbocycles. The fourth-order valence-electron chi connectivity index (χ4n) is 3.02. The Labute approximate surface area is 114 Å². The predicted octanol–water partition coefficient (Wildman–Crippen LogP) is 1.76. The Balaban J connectivity index is 2.20. The fourth-order valence-corrected chi connectivity index (χ4v) is 3.02. The Bertz CT molecular complexity index is 435. The molecule has 1 aromatic rings. The van der Waals surface area contributed by atoms with Gasteiger partial charge in [-0.3, -0.25) is 10.1 Å². The molecule has 0 radical (unpaired) electrons. The molecule has 0 aliphatic heterocycles. The first-order valence-electron chi connectivity index (χ1n) is 6.75. The van der Waals surface area contributed by atoms with Crippen molar-refractivity contribution in [1.29, 1.82) is 0 Å². The summed E-state index contributed by atoms with van der Waals surface area (Å²) in [7, 11) is 1.64. The molecule has 19 heavy (non-hydrogen) atoms. The molecular weight excluding hydrogens is 240 g/mol. The van der Waals surface area contributed by atoms with Gasteiger partial charge in [-0.15, -0.1) is 0 Å². The van der Waals surface area contributed by atoms with Crippen molar-refractivity contribution in [2.75, 3.05) is 7.11 Å². The smallest absolute Gasteiger partial charge is 0.240 e. The van der Waals surface area contributed by atoms with Crippen LogP contribution < -0.4 is 11.1 Å². The number of ether oxygens (including phenoxy) is 1. The van der Waals surface area contributed by atoms with E-state index in [4.69, 9.17) is 10.5 Å². The third-order valence-corrected chi connectivity index (χ3v) is 4.08. The maximum Gasteiger partial charge on any atom is 0.240 e. The van der Waals surface area contributed by atoms with Gasteiger partial charge in [0.2, 0.25) is 5.91 Å². The molecule has 1 aromatic carbocycles. The number of rotatable bonds is 5. The molecule has 0 bridgehead atoms. The molecule has 4 nitrogen and oxygen atoms in total. The van der Waals surface area contributed by atoms with Gasteiger partial charge in [-0.2, -0.15) is 0 Å². The number of methoxy groups -OCH3 is 1. The van der Waals surface area contributed by atoms with Crippen LogP contribution in [-0.4, -0.2) is 24.7 Å². The number of hydrogen-bond acceptors (Lipinski definition) is 3. The number of carbonyl (C=O) groups excluding carboxylic acids is 1. The van der Waals surface area contributed by atoms with Gasteiger partial charge in [0.15, 0.2) is 0 Å². The Morgan fingerprint density at radius 2 is 2.16 bits per heavy atom. The molecule has 0 aromatic heterocycles. The number of benzene rings is 1. The van der Waals surface area contributed by atoms with Gasteiger partial charge in [0.25, 0.3) is 0 Å². The zero-order chi connectivity index (χ0) is 13.9. The monoisotopic (exact) mass is 262 g/mol. The van der Waals surface area contributed by atoms with Crippen molar-refractivity contribution in [1.82, 2.24) is 5.32 Å². The van der Waals surface area contributed by atoms with E-state index < -0.39 is 5.54 Å². The van der Waals surface area contributed by atoms with Crippen LogP contribution in [0.1, 0.15) is 37.8 Å². The highest BCUT2D eigenvalue weighted by Crippen LogP contribution is 2.34. The van der Waals surface area contributed by atoms with E-state index in [2.05, 4.69) is 5.32 Å². The number of amides is 1. The SMILES string of the molecule is CO[C@@H]1CCC[C@]1(N[C@@H](C)c1ccccc1)C(N)=O. The van der Waals surface area contributed by atoms with Crippen molar-refractivity contribution < 1.29 is 9.53 Å². The maximum atomic E-state index is 11.9. The van der Waals surface area contributed by atoms with Crippen molar-refractivity contribution in [2.24, 2.45) is 5.73 Å². The van der Waals surface area contributed by atoms with E-state index in [1.54, 1.807) is 7.11 Å². The Morgan fingerprint density at radius 3 is 2.74 bits per heavy atom. The topological polar surface area (TPSA) is 64.3 Å². The molecule has 3 N–H and O–H groups in total. The summed E-state index contributed by atoms with van der Waals surface area (Å²) in [6, 6.07) is 10.1. The van der Waals surface area contributed by atoms with Gasteiger partial charge in [0, 0.05) is 13.2 Å². The summed E-state index contributed by atoms with van der Waals surface area (Å²) in [4.78, 5) is 11.9. The normalized spacial score (nSPS) is 28.2. The van der Waals surface area contributed by atoms with E-state index in [0.717, 1.165) is 24.8 Å². The number of primary amides is 1. The van der Waals surface area contributed by atoms with Crippen molar-refractivity contribution in [2.45, 2.75) is 43.9 Å². The molecule has 1 aliphatic carbocycles. The quantitative estimate of drug-likeness (QED) is 0.850. The minimum absolute atomic E-state index is 0.0597. The van der Waals surface area contributed by atoms with E-state index in [1.807, 2.05) is 37.3 Å². The highest BCUT2D eigenvalue weighted by atomic mass is 16.5. The highest BCUT2D eigenvalue weighted by molar-refractivity contribution is 5.86. The maximum absolute atomic E-state index is 11.9. The molecule has 0 heterocycles. The number of nitrogens with two attached hydrogens (primary N) is 1. The molecule has 1 amide bonds. The first kappa shape index (κ1) is 14.0. The summed E-state index contributed by atoms with van der Waals surface area (Å²) < 4.78 is 5.46. The summed E-state index contributed by atoms with van der Waals surface area (Å²) in [5.74, 6) is -0.320. The van der Waals surface area contributed by atoms with Crippen LogP contribution in [0, 0.1) is 0 Å². The average Bonchev–Trinajstić information content (AvgIpc) is 2.83. The number of carbonyl (C=O) groups is 1. The summed E-state index contributed by atoms with van der Waals surface area (Å²) in [5.41, 5.74) is 6.04. The Kier molecular flexibility index (Phi) is 4.22. The minimum Gasteiger partial charge on any atom is -0.379 e. The second kappa shape index (κ2) is 5.72. The van der Waals surface area contributed by atoms with Crippen LogP contribution in [0.5, 0.6) is 0 Å². The zero-order valence-electron chi connectivity index (χ0n) is 11.6. The molecule has 0 unspecified atom stereocenters. The van der Waals surface area contributed by atoms with E-state index in [1.165, 1.54) is 0 Å². The molecule has 3 atom stereocenters. The fraction of sp³-hybridized carbons (Fsp3) is 0.533. The molecular formula is C15H22N2O2. The molecule has 0 saturated heterocycles. The third kappa shape index (κ3) is 2.65. The van der Waals surface area contributed by atoms with Crippen molar-refractivity contribution >= 4 is 5.91 Å². The largest absolute Gasteiger partial charge is 0.379 e. The summed E-state index contributed by atoms with van der Waals surface area (Å²) >= 11 is 0. The first-order valence-corrected chi connectivity index (χ1v) is 6.75. The van der Waals surface area contributed by atoms with Crippen LogP contribution in [0.25, 0.3) is 0 Å². The van der Waals surface area contributed by atoms with Gasteiger partial charge < -0.3 is 10.5 Å². The molecule has 4 heteroatoms. The lowest BCUT2D eigenvalue weighted by Crippen LogP contribution is -2.61. The van der Waals surface area contributed by atoms with Gasteiger partial charge in [0.05, 0.1) is 6.10 Å². The van der Waals surface area contributed by atoms with Crippen LogP contribution in [-0.2, 0) is 9.53 Å². The van der Waals surface area contributed by atoms with Crippen molar-refractivity contribution in [3.05, 3.63) is 35.9 Å². The lowest BCUT2D eigenvalue weighted by Gasteiger charge is -2.35. The zero-order valence-corrected chi connectivity index (χ0v) is 11.6. The second-order valence-corrected chi connectivity index (χ2v) is 5.23. The molecule has 1 aliphatic rings. The van der Waals surface area contributed by atoms with Crippen LogP contribution in [0.4, 0.5) is 0 Å². The van der Waals surface area contributed by atoms with E-state index >= 15 is 0 Å². The predicted molar refractivity (Wildman–Crippen MR) is 74.6 cm³/mol. The highest BCUT2D eigenvalue weighted by Gasteiger charge is 2.48. The van der Waals surface area contributed by atoms with Gasteiger partial charge >= 0.3 is 0 Å². The van der Waals surface area contributed by atoms with Crippen LogP contribution in [0.15, 0.2) is 30.3 Å². The van der Waals surface area contributed by atoms with Crippen LogP contribution >= 0.6 is 0 Å². The Hall–Kier alpha value is -1.39. The number of hydrogen-bond donors (Lipinski definition) is 2. The summed E-state index contributed by atoms with van der Waals surface area (Å²) in [6.45, 7) is 2.05. The van der Waals surface area contributed by atoms with E-state index in [9.17, 15) is 4.79 Å². The van der Waals surface area contributed by atoms with Gasteiger partial charge in [-0.05, 0) is 31.7 Å². The van der Waals surface area contributed by atoms with Crippen molar-refractivity contribution in [3.63, 3.8) is 0 Å². The van der Waals surface area contributed by atoms with E-state index in [0.29, 0.717) is 0 Å². The molecule has 2 rings (SSSR count). The lowest BCUT2D eigenvalue weighted by atomic mass is 9.91. The third-order valence-electron chi connectivity index (χ3n) is 4.08. The number of nitrogens with one attached hydrogen (secondary N) is 1. The Morgan fingerprint density at radius 1 is 1.47 bits per heavy atom. The second-order valence-electron chi connectivity index (χ2n) is 5.23. The van der Waals surface area contributed by atoms with Crippen LogP contribution in [0.2, 0.25) is 0 Å².